The molecule has 0 fully saturated rings. The Morgan fingerprint density at radius 1 is 0.900 bits per heavy atom. The van der Waals surface area contributed by atoms with Crippen molar-refractivity contribution in [2.45, 2.75) is 4.90 Å². The molecule has 0 aliphatic heterocycles. The molecule has 0 N–H and O–H groups in total. The lowest BCUT2D eigenvalue weighted by atomic mass is 10.2. The number of nitrogens with zero attached hydrogens (tertiary/aromatic N) is 1. The third-order valence-corrected chi connectivity index (χ3v) is 4.64. The van der Waals surface area contributed by atoms with Gasteiger partial charge in [-0.2, -0.15) is 12.8 Å². The topological polar surface area (TPSA) is 46.5 Å². The first-order valence-electron chi connectivity index (χ1n) is 5.39. The lowest BCUT2D eigenvalue weighted by Gasteiger charge is -1.99. The summed E-state index contributed by atoms with van der Waals surface area (Å²) in [7, 11) is -3.76. The molecule has 0 aromatic heterocycles. The quantitative estimate of drug-likeness (QED) is 0.769. The van der Waals surface area contributed by atoms with E-state index < -0.39 is 10.0 Å². The Kier molecular flexibility index (Phi) is 4.70. The Balaban J connectivity index is 2.29. The number of sulfonamides is 1. The second-order valence-corrected chi connectivity index (χ2v) is 6.72. The van der Waals surface area contributed by atoms with Crippen LogP contribution < -0.4 is 0 Å². The van der Waals surface area contributed by atoms with Crippen LogP contribution in [0.25, 0.3) is 0 Å². The summed E-state index contributed by atoms with van der Waals surface area (Å²) >= 11 is 17.3. The summed E-state index contributed by atoms with van der Waals surface area (Å²) in [5.41, 5.74) is 0.539. The van der Waals surface area contributed by atoms with Crippen molar-refractivity contribution >= 4 is 51.0 Å². The van der Waals surface area contributed by atoms with E-state index >= 15 is 0 Å². The summed E-state index contributed by atoms with van der Waals surface area (Å²) in [5, 5.41) is 1.18. The predicted octanol–water partition coefficient (Wildman–Crippen LogP) is 4.45. The van der Waals surface area contributed by atoms with Crippen LogP contribution in [0.2, 0.25) is 15.1 Å². The lowest BCUT2D eigenvalue weighted by molar-refractivity contribution is 0.598. The van der Waals surface area contributed by atoms with E-state index in [0.717, 1.165) is 0 Å². The van der Waals surface area contributed by atoms with Crippen LogP contribution in [0.1, 0.15) is 5.56 Å². The molecule has 0 heterocycles. The molecule has 7 heteroatoms. The largest absolute Gasteiger partial charge is 0.282 e. The van der Waals surface area contributed by atoms with E-state index in [1.807, 2.05) is 0 Å². The normalized spacial score (nSPS) is 11.9. The molecule has 0 saturated heterocycles. The Morgan fingerprint density at radius 3 is 2.15 bits per heavy atom. The highest BCUT2D eigenvalue weighted by molar-refractivity contribution is 7.90. The standard InChI is InChI=1S/C13H8Cl3NO2S/c14-10-2-4-11(5-3-10)20(18,19)17-8-9-1-6-12(15)13(16)7-9/h1-8H/b17-8+. The minimum absolute atomic E-state index is 0.0678. The van der Waals surface area contributed by atoms with Gasteiger partial charge in [0.05, 0.1) is 14.9 Å². The molecule has 0 saturated carbocycles. The molecule has 20 heavy (non-hydrogen) atoms. The van der Waals surface area contributed by atoms with Gasteiger partial charge in [0.15, 0.2) is 0 Å². The third kappa shape index (κ3) is 3.73. The molecule has 2 rings (SSSR count). The maximum atomic E-state index is 12.0. The molecule has 0 bridgehead atoms. The molecule has 0 spiro atoms. The van der Waals surface area contributed by atoms with Crippen molar-refractivity contribution < 1.29 is 8.42 Å². The van der Waals surface area contributed by atoms with Gasteiger partial charge in [0.25, 0.3) is 10.0 Å². The van der Waals surface area contributed by atoms with E-state index in [2.05, 4.69) is 4.40 Å². The highest BCUT2D eigenvalue weighted by atomic mass is 35.5. The molecule has 0 amide bonds. The highest BCUT2D eigenvalue weighted by Gasteiger charge is 2.11. The summed E-state index contributed by atoms with van der Waals surface area (Å²) in [4.78, 5) is 0.0678. The highest BCUT2D eigenvalue weighted by Crippen LogP contribution is 2.22. The predicted molar refractivity (Wildman–Crippen MR) is 82.7 cm³/mol. The minimum Gasteiger partial charge on any atom is -0.199 e. The number of hydrogen-bond acceptors (Lipinski definition) is 2. The molecule has 2 aromatic rings. The van der Waals surface area contributed by atoms with E-state index in [4.69, 9.17) is 34.8 Å². The Labute approximate surface area is 131 Å². The summed E-state index contributed by atoms with van der Waals surface area (Å²) in [6.45, 7) is 0. The van der Waals surface area contributed by atoms with Crippen molar-refractivity contribution in [1.82, 2.24) is 0 Å². The van der Waals surface area contributed by atoms with Gasteiger partial charge in [0, 0.05) is 11.2 Å². The second-order valence-electron chi connectivity index (χ2n) is 3.84. The van der Waals surface area contributed by atoms with Gasteiger partial charge in [-0.15, -0.1) is 0 Å². The van der Waals surface area contributed by atoms with E-state index in [0.29, 0.717) is 20.6 Å². The van der Waals surface area contributed by atoms with Gasteiger partial charge in [-0.3, -0.25) is 0 Å². The van der Waals surface area contributed by atoms with Crippen LogP contribution in [-0.4, -0.2) is 14.6 Å². The monoisotopic (exact) mass is 347 g/mol. The molecule has 0 radical (unpaired) electrons. The summed E-state index contributed by atoms with van der Waals surface area (Å²) in [6.07, 6.45) is 1.21. The van der Waals surface area contributed by atoms with Crippen LogP contribution in [0, 0.1) is 0 Å². The summed E-state index contributed by atoms with van der Waals surface area (Å²) in [6, 6.07) is 10.5. The fraction of sp³-hybridized carbons (Fsp3) is 0. The number of halogens is 3. The zero-order chi connectivity index (χ0) is 14.8. The first-order valence-corrected chi connectivity index (χ1v) is 7.97. The van der Waals surface area contributed by atoms with Crippen LogP contribution in [0.4, 0.5) is 0 Å². The average molecular weight is 349 g/mol. The van der Waals surface area contributed by atoms with Gasteiger partial charge >= 0.3 is 0 Å². The number of benzene rings is 2. The van der Waals surface area contributed by atoms with Crippen LogP contribution in [0.5, 0.6) is 0 Å². The Morgan fingerprint density at radius 2 is 1.55 bits per heavy atom. The van der Waals surface area contributed by atoms with Gasteiger partial charge in [-0.1, -0.05) is 40.9 Å². The minimum atomic E-state index is -3.76. The molecule has 0 atom stereocenters. The summed E-state index contributed by atoms with van der Waals surface area (Å²) in [5.74, 6) is 0. The van der Waals surface area contributed by atoms with E-state index in [-0.39, 0.29) is 4.90 Å². The van der Waals surface area contributed by atoms with Gasteiger partial charge in [0.1, 0.15) is 0 Å². The number of rotatable bonds is 3. The van der Waals surface area contributed by atoms with Crippen LogP contribution in [-0.2, 0) is 10.0 Å². The second kappa shape index (κ2) is 6.14. The van der Waals surface area contributed by atoms with Crippen molar-refractivity contribution in [3.63, 3.8) is 0 Å². The van der Waals surface area contributed by atoms with Gasteiger partial charge in [-0.25, -0.2) is 0 Å². The van der Waals surface area contributed by atoms with Gasteiger partial charge in [0.2, 0.25) is 0 Å². The lowest BCUT2D eigenvalue weighted by Crippen LogP contribution is -1.97. The molecule has 3 nitrogen and oxygen atoms in total. The van der Waals surface area contributed by atoms with Crippen molar-refractivity contribution in [2.75, 3.05) is 0 Å². The zero-order valence-corrected chi connectivity index (χ0v) is 13.0. The SMILES string of the molecule is O=S(=O)(/N=C/c1ccc(Cl)c(Cl)c1)c1ccc(Cl)cc1. The first-order chi connectivity index (χ1) is 9.38. The molecule has 0 unspecified atom stereocenters. The van der Waals surface area contributed by atoms with E-state index in [9.17, 15) is 8.42 Å². The average Bonchev–Trinajstić information content (AvgIpc) is 2.41. The van der Waals surface area contributed by atoms with Crippen molar-refractivity contribution in [2.24, 2.45) is 4.40 Å². The van der Waals surface area contributed by atoms with Crippen LogP contribution >= 0.6 is 34.8 Å². The van der Waals surface area contributed by atoms with Crippen molar-refractivity contribution in [3.05, 3.63) is 63.1 Å². The smallest absolute Gasteiger partial charge is 0.199 e. The molecule has 2 aromatic carbocycles. The Hall–Kier alpha value is -1.07. The van der Waals surface area contributed by atoms with Gasteiger partial charge < -0.3 is 0 Å². The van der Waals surface area contributed by atoms with Gasteiger partial charge in [-0.05, 0) is 42.0 Å². The van der Waals surface area contributed by atoms with Crippen molar-refractivity contribution in [3.8, 4) is 0 Å². The van der Waals surface area contributed by atoms with Crippen LogP contribution in [0.3, 0.4) is 0 Å². The fourth-order valence-corrected chi connectivity index (χ4v) is 2.69. The molecule has 0 aliphatic carbocycles. The third-order valence-electron chi connectivity index (χ3n) is 2.40. The Bertz CT molecular complexity index is 756. The van der Waals surface area contributed by atoms with E-state index in [1.165, 1.54) is 36.5 Å². The van der Waals surface area contributed by atoms with E-state index in [1.54, 1.807) is 12.1 Å². The maximum absolute atomic E-state index is 12.0. The number of hydrogen-bond donors (Lipinski definition) is 0. The van der Waals surface area contributed by atoms with Crippen molar-refractivity contribution in [1.29, 1.82) is 0 Å². The maximum Gasteiger partial charge on any atom is 0.282 e. The zero-order valence-electron chi connectivity index (χ0n) is 9.92. The summed E-state index contributed by atoms with van der Waals surface area (Å²) < 4.78 is 27.5. The molecule has 0 aliphatic rings. The van der Waals surface area contributed by atoms with Crippen LogP contribution in [0.15, 0.2) is 51.8 Å². The fourth-order valence-electron chi connectivity index (χ4n) is 1.39. The molecule has 104 valence electrons. The molecular weight excluding hydrogens is 341 g/mol. The first kappa shape index (κ1) is 15.3. The molecular formula is C13H8Cl3NO2S.